The van der Waals surface area contributed by atoms with Gasteiger partial charge in [0.25, 0.3) is 0 Å². The van der Waals surface area contributed by atoms with E-state index in [4.69, 9.17) is 5.73 Å². The summed E-state index contributed by atoms with van der Waals surface area (Å²) < 4.78 is 13.1. The van der Waals surface area contributed by atoms with Gasteiger partial charge in [-0.15, -0.1) is 0 Å². The second kappa shape index (κ2) is 6.18. The molecule has 3 unspecified atom stereocenters. The van der Waals surface area contributed by atoms with Crippen molar-refractivity contribution < 1.29 is 4.39 Å². The lowest BCUT2D eigenvalue weighted by molar-refractivity contribution is 0.221. The van der Waals surface area contributed by atoms with Crippen LogP contribution in [0.2, 0.25) is 0 Å². The summed E-state index contributed by atoms with van der Waals surface area (Å²) in [6, 6.07) is 0. The monoisotopic (exact) mass is 201 g/mol. The Morgan fingerprint density at radius 2 is 1.71 bits per heavy atom. The molecule has 3 atom stereocenters. The second-order valence-corrected chi connectivity index (χ2v) is 4.52. The Hall–Kier alpha value is -0.370. The topological polar surface area (TPSA) is 26.0 Å². The minimum absolute atomic E-state index is 0.0450. The van der Waals surface area contributed by atoms with E-state index in [1.165, 1.54) is 5.57 Å². The molecule has 0 amide bonds. The average molecular weight is 201 g/mol. The molecule has 0 bridgehead atoms. The van der Waals surface area contributed by atoms with Gasteiger partial charge in [0.1, 0.15) is 6.17 Å². The van der Waals surface area contributed by atoms with Gasteiger partial charge in [-0.2, -0.15) is 0 Å². The average Bonchev–Trinajstić information content (AvgIpc) is 2.11. The molecular formula is C12H24FN. The zero-order chi connectivity index (χ0) is 11.3. The molecule has 0 aromatic rings. The van der Waals surface area contributed by atoms with Gasteiger partial charge >= 0.3 is 0 Å². The number of halogens is 1. The van der Waals surface area contributed by atoms with Crippen molar-refractivity contribution in [2.24, 2.45) is 23.5 Å². The van der Waals surface area contributed by atoms with Crippen LogP contribution in [0.3, 0.4) is 0 Å². The largest absolute Gasteiger partial charge is 0.327 e. The van der Waals surface area contributed by atoms with E-state index in [1.54, 1.807) is 6.92 Å². The molecule has 84 valence electrons. The van der Waals surface area contributed by atoms with Gasteiger partial charge in [-0.05, 0) is 24.7 Å². The van der Waals surface area contributed by atoms with Crippen molar-refractivity contribution in [2.45, 2.75) is 40.8 Å². The van der Waals surface area contributed by atoms with Crippen LogP contribution >= 0.6 is 0 Å². The van der Waals surface area contributed by atoms with Gasteiger partial charge in [0.2, 0.25) is 0 Å². The van der Waals surface area contributed by atoms with Crippen molar-refractivity contribution in [2.75, 3.05) is 6.54 Å². The van der Waals surface area contributed by atoms with Crippen LogP contribution in [0.4, 0.5) is 4.39 Å². The SMILES string of the molecule is CC(C)/C=C(/CN)C(C)C(C)C(C)F. The highest BCUT2D eigenvalue weighted by Gasteiger charge is 2.21. The Bertz CT molecular complexity index is 185. The maximum absolute atomic E-state index is 13.1. The fourth-order valence-electron chi connectivity index (χ4n) is 1.57. The van der Waals surface area contributed by atoms with E-state index >= 15 is 0 Å². The van der Waals surface area contributed by atoms with Gasteiger partial charge in [0.05, 0.1) is 0 Å². The summed E-state index contributed by atoms with van der Waals surface area (Å²) in [5, 5.41) is 0. The molecule has 1 nitrogen and oxygen atoms in total. The first kappa shape index (κ1) is 13.6. The first-order valence-corrected chi connectivity index (χ1v) is 5.44. The molecule has 0 saturated heterocycles. The lowest BCUT2D eigenvalue weighted by atomic mass is 9.84. The zero-order valence-electron chi connectivity index (χ0n) is 10.0. The Morgan fingerprint density at radius 3 is 2.00 bits per heavy atom. The second-order valence-electron chi connectivity index (χ2n) is 4.52. The summed E-state index contributed by atoms with van der Waals surface area (Å²) in [5.41, 5.74) is 6.85. The molecule has 0 heterocycles. The summed E-state index contributed by atoms with van der Waals surface area (Å²) >= 11 is 0. The van der Waals surface area contributed by atoms with E-state index in [-0.39, 0.29) is 11.8 Å². The minimum Gasteiger partial charge on any atom is -0.327 e. The number of alkyl halides is 1. The molecule has 2 heteroatoms. The van der Waals surface area contributed by atoms with Crippen LogP contribution in [0, 0.1) is 17.8 Å². The molecule has 0 aromatic heterocycles. The van der Waals surface area contributed by atoms with Gasteiger partial charge < -0.3 is 5.73 Å². The number of nitrogens with two attached hydrogens (primary N) is 1. The molecule has 0 spiro atoms. The van der Waals surface area contributed by atoms with E-state index in [9.17, 15) is 4.39 Å². The molecule has 0 aromatic carbocycles. The Kier molecular flexibility index (Phi) is 6.01. The molecular weight excluding hydrogens is 177 g/mol. The maximum atomic E-state index is 13.1. The third-order valence-electron chi connectivity index (χ3n) is 2.88. The first-order chi connectivity index (χ1) is 6.40. The molecule has 0 aliphatic rings. The van der Waals surface area contributed by atoms with E-state index in [2.05, 4.69) is 26.8 Å². The highest BCUT2D eigenvalue weighted by atomic mass is 19.1. The highest BCUT2D eigenvalue weighted by Crippen LogP contribution is 2.25. The normalized spacial score (nSPS) is 19.6. The quantitative estimate of drug-likeness (QED) is 0.679. The van der Waals surface area contributed by atoms with Gasteiger partial charge in [-0.3, -0.25) is 0 Å². The zero-order valence-corrected chi connectivity index (χ0v) is 10.0. The van der Waals surface area contributed by atoms with Crippen molar-refractivity contribution in [1.82, 2.24) is 0 Å². The molecule has 0 saturated carbocycles. The lowest BCUT2D eigenvalue weighted by Gasteiger charge is -2.24. The van der Waals surface area contributed by atoms with Crippen molar-refractivity contribution in [3.05, 3.63) is 11.6 Å². The molecule has 0 fully saturated rings. The highest BCUT2D eigenvalue weighted by molar-refractivity contribution is 5.10. The van der Waals surface area contributed by atoms with Gasteiger partial charge in [-0.25, -0.2) is 4.39 Å². The maximum Gasteiger partial charge on any atom is 0.100 e. The molecule has 0 aliphatic heterocycles. The summed E-state index contributed by atoms with van der Waals surface area (Å²) in [4.78, 5) is 0. The van der Waals surface area contributed by atoms with Crippen LogP contribution in [-0.4, -0.2) is 12.7 Å². The van der Waals surface area contributed by atoms with E-state index < -0.39 is 6.17 Å². The number of hydrogen-bond acceptors (Lipinski definition) is 1. The van der Waals surface area contributed by atoms with Crippen LogP contribution in [0.25, 0.3) is 0 Å². The number of allylic oxidation sites excluding steroid dienone is 1. The van der Waals surface area contributed by atoms with E-state index in [1.807, 2.05) is 6.92 Å². The summed E-state index contributed by atoms with van der Waals surface area (Å²) in [5.74, 6) is 0.768. The van der Waals surface area contributed by atoms with Gasteiger partial charge in [0, 0.05) is 6.54 Å². The molecule has 2 N–H and O–H groups in total. The van der Waals surface area contributed by atoms with Gasteiger partial charge in [0.15, 0.2) is 0 Å². The van der Waals surface area contributed by atoms with E-state index in [0.29, 0.717) is 12.5 Å². The number of rotatable bonds is 5. The molecule has 0 rings (SSSR count). The van der Waals surface area contributed by atoms with Crippen LogP contribution in [0.15, 0.2) is 11.6 Å². The van der Waals surface area contributed by atoms with E-state index in [0.717, 1.165) is 0 Å². The Morgan fingerprint density at radius 1 is 1.21 bits per heavy atom. The van der Waals surface area contributed by atoms with Crippen molar-refractivity contribution in [3.63, 3.8) is 0 Å². The smallest absolute Gasteiger partial charge is 0.100 e. The Labute approximate surface area is 87.6 Å². The standard InChI is InChI=1S/C12H24FN/c1-8(2)6-12(7-14)10(4)9(3)11(5)13/h6,8-11H,7,14H2,1-5H3/b12-6-. The third-order valence-corrected chi connectivity index (χ3v) is 2.88. The van der Waals surface area contributed by atoms with Crippen LogP contribution in [0.5, 0.6) is 0 Å². The van der Waals surface area contributed by atoms with Crippen LogP contribution < -0.4 is 5.73 Å². The fraction of sp³-hybridized carbons (Fsp3) is 0.833. The third kappa shape index (κ3) is 4.23. The summed E-state index contributed by atoms with van der Waals surface area (Å²) in [7, 11) is 0. The van der Waals surface area contributed by atoms with Crippen molar-refractivity contribution in [1.29, 1.82) is 0 Å². The predicted octanol–water partition coefficient (Wildman–Crippen LogP) is 3.16. The first-order valence-electron chi connectivity index (χ1n) is 5.44. The fourth-order valence-corrected chi connectivity index (χ4v) is 1.57. The van der Waals surface area contributed by atoms with Crippen molar-refractivity contribution >= 4 is 0 Å². The lowest BCUT2D eigenvalue weighted by Crippen LogP contribution is -2.23. The van der Waals surface area contributed by atoms with Crippen LogP contribution in [0.1, 0.15) is 34.6 Å². The Balaban J connectivity index is 4.53. The molecule has 0 aliphatic carbocycles. The number of hydrogen-bond donors (Lipinski definition) is 1. The summed E-state index contributed by atoms with van der Waals surface area (Å²) in [6.07, 6.45) is 1.39. The molecule has 0 radical (unpaired) electrons. The summed E-state index contributed by atoms with van der Waals surface area (Å²) in [6.45, 7) is 10.4. The predicted molar refractivity (Wildman–Crippen MR) is 60.9 cm³/mol. The minimum atomic E-state index is -0.771. The van der Waals surface area contributed by atoms with Crippen molar-refractivity contribution in [3.8, 4) is 0 Å². The molecule has 14 heavy (non-hydrogen) atoms. The van der Waals surface area contributed by atoms with Crippen LogP contribution in [-0.2, 0) is 0 Å². The van der Waals surface area contributed by atoms with Gasteiger partial charge in [-0.1, -0.05) is 39.3 Å².